The summed E-state index contributed by atoms with van der Waals surface area (Å²) in [6.45, 7) is 1.88. The lowest BCUT2D eigenvalue weighted by atomic mass is 9.99. The van der Waals surface area contributed by atoms with E-state index in [0.29, 0.717) is 15.9 Å². The second-order valence-corrected chi connectivity index (χ2v) is 6.60. The van der Waals surface area contributed by atoms with Crippen molar-refractivity contribution in [1.82, 2.24) is 25.1 Å². The molecule has 0 spiro atoms. The van der Waals surface area contributed by atoms with E-state index in [-0.39, 0.29) is 5.91 Å². The fourth-order valence-electron chi connectivity index (χ4n) is 2.62. The number of ether oxygens (including phenoxy) is 1. The molecule has 9 heteroatoms. The second kappa shape index (κ2) is 7.04. The Kier molecular flexibility index (Phi) is 4.43. The van der Waals surface area contributed by atoms with Crippen molar-refractivity contribution in [1.29, 1.82) is 0 Å². The van der Waals surface area contributed by atoms with E-state index >= 15 is 0 Å². The standard InChI is InChI=1S/C18H14N6O2S/c1-10-7-12(11-3-4-14-15(8-11)20-6-5-19-14)13(9-21-10)16(25)22-17-23-24-18(26-2)27-17/h3-9H,1-2H3,(H,22,23,25). The van der Waals surface area contributed by atoms with Gasteiger partial charge in [-0.3, -0.25) is 25.1 Å². The molecule has 0 aliphatic rings. The molecule has 0 saturated heterocycles. The summed E-state index contributed by atoms with van der Waals surface area (Å²) in [6.07, 6.45) is 4.84. The summed E-state index contributed by atoms with van der Waals surface area (Å²) >= 11 is 1.15. The number of benzene rings is 1. The summed E-state index contributed by atoms with van der Waals surface area (Å²) < 4.78 is 5.00. The van der Waals surface area contributed by atoms with Gasteiger partial charge in [-0.15, -0.1) is 5.10 Å². The monoisotopic (exact) mass is 378 g/mol. The molecule has 4 aromatic rings. The third kappa shape index (κ3) is 3.44. The summed E-state index contributed by atoms with van der Waals surface area (Å²) in [7, 11) is 1.50. The maximum absolute atomic E-state index is 12.8. The molecule has 1 amide bonds. The number of aryl methyl sites for hydroxylation is 1. The first-order valence-electron chi connectivity index (χ1n) is 8.00. The summed E-state index contributed by atoms with van der Waals surface area (Å²) in [5.74, 6) is -0.324. The Hall–Kier alpha value is -3.46. The Morgan fingerprint density at radius 3 is 2.67 bits per heavy atom. The predicted octanol–water partition coefficient (Wildman–Crippen LogP) is 3.11. The quantitative estimate of drug-likeness (QED) is 0.582. The molecule has 0 bridgehead atoms. The number of hydrogen-bond donors (Lipinski definition) is 1. The third-order valence-electron chi connectivity index (χ3n) is 3.87. The number of nitrogens with one attached hydrogen (secondary N) is 1. The molecule has 0 radical (unpaired) electrons. The van der Waals surface area contributed by atoms with Crippen molar-refractivity contribution in [2.24, 2.45) is 0 Å². The van der Waals surface area contributed by atoms with Gasteiger partial charge in [-0.25, -0.2) is 0 Å². The Balaban J connectivity index is 1.73. The van der Waals surface area contributed by atoms with E-state index in [1.165, 1.54) is 7.11 Å². The van der Waals surface area contributed by atoms with E-state index in [2.05, 4.69) is 30.5 Å². The molecule has 27 heavy (non-hydrogen) atoms. The summed E-state index contributed by atoms with van der Waals surface area (Å²) in [5, 5.41) is 11.2. The van der Waals surface area contributed by atoms with E-state index in [0.717, 1.165) is 39.2 Å². The van der Waals surface area contributed by atoms with Crippen molar-refractivity contribution in [3.8, 4) is 16.3 Å². The van der Waals surface area contributed by atoms with Gasteiger partial charge in [-0.1, -0.05) is 11.2 Å². The van der Waals surface area contributed by atoms with Gasteiger partial charge in [0.15, 0.2) is 0 Å². The molecule has 8 nitrogen and oxygen atoms in total. The molecular weight excluding hydrogens is 364 g/mol. The van der Waals surface area contributed by atoms with Gasteiger partial charge in [-0.2, -0.15) is 0 Å². The van der Waals surface area contributed by atoms with Crippen molar-refractivity contribution in [2.75, 3.05) is 12.4 Å². The van der Waals surface area contributed by atoms with Crippen LogP contribution in [0.3, 0.4) is 0 Å². The Bertz CT molecular complexity index is 1140. The molecule has 0 aliphatic carbocycles. The fraction of sp³-hybridized carbons (Fsp3) is 0.111. The number of carbonyl (C=O) groups is 1. The van der Waals surface area contributed by atoms with Crippen LogP contribution in [0.5, 0.6) is 5.19 Å². The van der Waals surface area contributed by atoms with Gasteiger partial charge in [-0.05, 0) is 47.6 Å². The number of amides is 1. The van der Waals surface area contributed by atoms with Gasteiger partial charge in [0.05, 0.1) is 23.7 Å². The second-order valence-electron chi connectivity index (χ2n) is 5.66. The molecule has 0 atom stereocenters. The van der Waals surface area contributed by atoms with Crippen LogP contribution in [0.25, 0.3) is 22.2 Å². The maximum Gasteiger partial charge on any atom is 0.295 e. The normalized spacial score (nSPS) is 10.7. The number of nitrogens with zero attached hydrogens (tertiary/aromatic N) is 5. The highest BCUT2D eigenvalue weighted by Gasteiger charge is 2.17. The number of rotatable bonds is 4. The molecule has 3 aromatic heterocycles. The summed E-state index contributed by atoms with van der Waals surface area (Å²) in [4.78, 5) is 25.7. The van der Waals surface area contributed by atoms with Crippen LogP contribution in [-0.4, -0.2) is 38.2 Å². The molecule has 1 N–H and O–H groups in total. The van der Waals surface area contributed by atoms with E-state index < -0.39 is 0 Å². The van der Waals surface area contributed by atoms with Crippen molar-refractivity contribution in [3.05, 3.63) is 54.1 Å². The van der Waals surface area contributed by atoms with Crippen LogP contribution in [0.15, 0.2) is 42.9 Å². The lowest BCUT2D eigenvalue weighted by Gasteiger charge is -2.10. The number of fused-ring (bicyclic) bond motifs is 1. The molecule has 0 saturated carbocycles. The number of pyridine rings is 1. The molecule has 1 aromatic carbocycles. The van der Waals surface area contributed by atoms with Crippen LogP contribution in [-0.2, 0) is 0 Å². The minimum atomic E-state index is -0.324. The topological polar surface area (TPSA) is 103 Å². The van der Waals surface area contributed by atoms with E-state index in [4.69, 9.17) is 4.74 Å². The van der Waals surface area contributed by atoms with Crippen LogP contribution in [0.2, 0.25) is 0 Å². The maximum atomic E-state index is 12.8. The van der Waals surface area contributed by atoms with Gasteiger partial charge in [0.2, 0.25) is 5.13 Å². The fourth-order valence-corrected chi connectivity index (χ4v) is 3.17. The lowest BCUT2D eigenvalue weighted by Crippen LogP contribution is -2.13. The van der Waals surface area contributed by atoms with Gasteiger partial charge < -0.3 is 4.74 Å². The number of aromatic nitrogens is 5. The zero-order chi connectivity index (χ0) is 18.8. The van der Waals surface area contributed by atoms with Crippen LogP contribution in [0.1, 0.15) is 16.1 Å². The van der Waals surface area contributed by atoms with E-state index in [1.54, 1.807) is 18.6 Å². The molecule has 134 valence electrons. The third-order valence-corrected chi connectivity index (χ3v) is 4.67. The van der Waals surface area contributed by atoms with Crippen molar-refractivity contribution < 1.29 is 9.53 Å². The zero-order valence-electron chi connectivity index (χ0n) is 14.5. The largest absolute Gasteiger partial charge is 0.472 e. The predicted molar refractivity (Wildman–Crippen MR) is 102 cm³/mol. The number of anilines is 1. The molecule has 0 fully saturated rings. The average Bonchev–Trinajstić information content (AvgIpc) is 3.15. The molecule has 4 rings (SSSR count). The first kappa shape index (κ1) is 17.0. The first-order valence-corrected chi connectivity index (χ1v) is 8.82. The van der Waals surface area contributed by atoms with Crippen molar-refractivity contribution in [3.63, 3.8) is 0 Å². The number of hydrogen-bond acceptors (Lipinski definition) is 8. The van der Waals surface area contributed by atoms with Crippen LogP contribution < -0.4 is 10.1 Å². The minimum absolute atomic E-state index is 0.324. The molecule has 0 unspecified atom stereocenters. The van der Waals surface area contributed by atoms with Crippen molar-refractivity contribution >= 4 is 33.4 Å². The van der Waals surface area contributed by atoms with Gasteiger partial charge >= 0.3 is 0 Å². The average molecular weight is 378 g/mol. The Morgan fingerprint density at radius 2 is 1.89 bits per heavy atom. The van der Waals surface area contributed by atoms with Crippen LogP contribution >= 0.6 is 11.3 Å². The Morgan fingerprint density at radius 1 is 1.07 bits per heavy atom. The van der Waals surface area contributed by atoms with Crippen molar-refractivity contribution in [2.45, 2.75) is 6.92 Å². The smallest absolute Gasteiger partial charge is 0.295 e. The van der Waals surface area contributed by atoms with Crippen LogP contribution in [0.4, 0.5) is 5.13 Å². The van der Waals surface area contributed by atoms with E-state index in [9.17, 15) is 4.79 Å². The number of methoxy groups -OCH3 is 1. The lowest BCUT2D eigenvalue weighted by molar-refractivity contribution is 0.102. The first-order chi connectivity index (χ1) is 13.1. The van der Waals surface area contributed by atoms with Gasteiger partial charge in [0.1, 0.15) is 0 Å². The molecule has 3 heterocycles. The minimum Gasteiger partial charge on any atom is -0.472 e. The summed E-state index contributed by atoms with van der Waals surface area (Å²) in [5.41, 5.74) is 4.39. The summed E-state index contributed by atoms with van der Waals surface area (Å²) in [6, 6.07) is 7.57. The van der Waals surface area contributed by atoms with Crippen LogP contribution in [0, 0.1) is 6.92 Å². The zero-order valence-corrected chi connectivity index (χ0v) is 15.3. The van der Waals surface area contributed by atoms with E-state index in [1.807, 2.05) is 31.2 Å². The highest BCUT2D eigenvalue weighted by Crippen LogP contribution is 2.28. The SMILES string of the molecule is COc1nnc(NC(=O)c2cnc(C)cc2-c2ccc3nccnc3c2)s1. The number of carbonyl (C=O) groups excluding carboxylic acids is 1. The highest BCUT2D eigenvalue weighted by molar-refractivity contribution is 7.17. The van der Waals surface area contributed by atoms with Gasteiger partial charge in [0, 0.05) is 24.3 Å². The molecule has 0 aliphatic heterocycles. The Labute approximate surface area is 158 Å². The van der Waals surface area contributed by atoms with Gasteiger partial charge in [0.25, 0.3) is 11.1 Å². The highest BCUT2D eigenvalue weighted by atomic mass is 32.1. The molecular formula is C18H14N6O2S.